The summed E-state index contributed by atoms with van der Waals surface area (Å²) in [7, 11) is 0. The summed E-state index contributed by atoms with van der Waals surface area (Å²) in [5.41, 5.74) is 4.43. The average Bonchev–Trinajstić information content (AvgIpc) is 3.07. The molecule has 2 N–H and O–H groups in total. The number of nitrogens with one attached hydrogen (secondary N) is 2. The number of amides is 1. The smallest absolute Gasteiger partial charge is 0.256 e. The highest BCUT2D eigenvalue weighted by atomic mass is 16.2. The summed E-state index contributed by atoms with van der Waals surface area (Å²) in [5.74, 6) is -0.359. The predicted molar refractivity (Wildman–Crippen MR) is 102 cm³/mol. The van der Waals surface area contributed by atoms with E-state index in [1.54, 1.807) is 24.3 Å². The van der Waals surface area contributed by atoms with E-state index in [1.165, 1.54) is 0 Å². The van der Waals surface area contributed by atoms with Crippen molar-refractivity contribution in [1.29, 1.82) is 0 Å². The van der Waals surface area contributed by atoms with Gasteiger partial charge < -0.3 is 10.3 Å². The lowest BCUT2D eigenvalue weighted by atomic mass is 9.94. The van der Waals surface area contributed by atoms with E-state index in [0.29, 0.717) is 22.5 Å². The third-order valence-corrected chi connectivity index (χ3v) is 4.79. The lowest BCUT2D eigenvalue weighted by molar-refractivity contribution is 0.102. The van der Waals surface area contributed by atoms with Crippen molar-refractivity contribution in [2.45, 2.75) is 0 Å². The number of benzene rings is 3. The van der Waals surface area contributed by atoms with E-state index in [9.17, 15) is 9.59 Å². The molecule has 1 aromatic heterocycles. The number of carbonyl (C=O) groups is 2. The number of aromatic amines is 1. The Labute approximate surface area is 149 Å². The Hall–Kier alpha value is -3.66. The molecule has 4 nitrogen and oxygen atoms in total. The maximum absolute atomic E-state index is 13.3. The molecule has 1 amide bonds. The number of H-pyrrole nitrogens is 1. The van der Waals surface area contributed by atoms with Crippen LogP contribution in [0.15, 0.2) is 72.8 Å². The van der Waals surface area contributed by atoms with Crippen molar-refractivity contribution in [2.75, 3.05) is 5.32 Å². The Kier molecular flexibility index (Phi) is 3.06. The van der Waals surface area contributed by atoms with Crippen LogP contribution in [0.5, 0.6) is 0 Å². The van der Waals surface area contributed by atoms with E-state index in [2.05, 4.69) is 10.3 Å². The molecular weight excluding hydrogens is 324 g/mol. The number of para-hydroxylation sites is 2. The van der Waals surface area contributed by atoms with Crippen LogP contribution < -0.4 is 5.32 Å². The molecule has 0 bridgehead atoms. The zero-order valence-electron chi connectivity index (χ0n) is 13.7. The highest BCUT2D eigenvalue weighted by Gasteiger charge is 2.27. The fourth-order valence-electron chi connectivity index (χ4n) is 3.61. The van der Waals surface area contributed by atoms with Gasteiger partial charge in [0.15, 0.2) is 0 Å². The van der Waals surface area contributed by atoms with Gasteiger partial charge in [-0.15, -0.1) is 0 Å². The van der Waals surface area contributed by atoms with Crippen LogP contribution in [0, 0.1) is 0 Å². The first kappa shape index (κ1) is 14.7. The molecule has 26 heavy (non-hydrogen) atoms. The summed E-state index contributed by atoms with van der Waals surface area (Å²) in [5, 5.41) is 3.81. The van der Waals surface area contributed by atoms with E-state index >= 15 is 0 Å². The fraction of sp³-hybridized carbons (Fsp3) is 0. The van der Waals surface area contributed by atoms with Gasteiger partial charge in [-0.25, -0.2) is 0 Å². The molecule has 4 aromatic rings. The van der Waals surface area contributed by atoms with E-state index in [0.717, 1.165) is 22.0 Å². The number of aromatic nitrogens is 1. The summed E-state index contributed by atoms with van der Waals surface area (Å²) in [6.45, 7) is 0. The number of hydrogen-bond donors (Lipinski definition) is 2. The minimum atomic E-state index is -0.223. The van der Waals surface area contributed by atoms with Crippen molar-refractivity contribution in [3.8, 4) is 11.1 Å². The third kappa shape index (κ3) is 2.02. The highest BCUT2D eigenvalue weighted by Crippen LogP contribution is 2.37. The summed E-state index contributed by atoms with van der Waals surface area (Å²) < 4.78 is 0. The van der Waals surface area contributed by atoms with E-state index in [1.807, 2.05) is 48.5 Å². The lowest BCUT2D eigenvalue weighted by Crippen LogP contribution is -2.14. The van der Waals surface area contributed by atoms with Crippen molar-refractivity contribution in [1.82, 2.24) is 4.98 Å². The van der Waals surface area contributed by atoms with Crippen LogP contribution in [0.1, 0.15) is 26.4 Å². The molecule has 3 aromatic carbocycles. The van der Waals surface area contributed by atoms with Crippen molar-refractivity contribution >= 4 is 28.3 Å². The van der Waals surface area contributed by atoms with Crippen LogP contribution in [0.25, 0.3) is 22.0 Å². The van der Waals surface area contributed by atoms with Gasteiger partial charge in [0, 0.05) is 27.6 Å². The SMILES string of the molecule is O=C1Nc2ccccc2C(=O)c2[nH]c3ccccc3c2-c2ccccc21. The van der Waals surface area contributed by atoms with Crippen LogP contribution in [0.2, 0.25) is 0 Å². The molecule has 1 aliphatic rings. The Balaban J connectivity index is 1.95. The largest absolute Gasteiger partial charge is 0.351 e. The first-order valence-corrected chi connectivity index (χ1v) is 8.39. The molecule has 0 fully saturated rings. The van der Waals surface area contributed by atoms with Gasteiger partial charge >= 0.3 is 0 Å². The maximum Gasteiger partial charge on any atom is 0.256 e. The Morgan fingerprint density at radius 1 is 0.654 bits per heavy atom. The average molecular weight is 338 g/mol. The molecule has 1 aliphatic heterocycles. The standard InChI is InChI=1S/C22H14N2O2/c25-21-16-10-4-6-12-18(16)24-22(26)14-8-2-1-7-13(14)19-15-9-3-5-11-17(15)23-20(19)21/h1-12,23H,(H,24,26). The van der Waals surface area contributed by atoms with Gasteiger partial charge in [0.05, 0.1) is 11.4 Å². The zero-order chi connectivity index (χ0) is 17.7. The van der Waals surface area contributed by atoms with Gasteiger partial charge in [-0.2, -0.15) is 0 Å². The number of rotatable bonds is 0. The zero-order valence-corrected chi connectivity index (χ0v) is 13.7. The van der Waals surface area contributed by atoms with Crippen LogP contribution >= 0.6 is 0 Å². The summed E-state index contributed by atoms with van der Waals surface area (Å²) >= 11 is 0. The van der Waals surface area contributed by atoms with Gasteiger partial charge in [0.25, 0.3) is 5.91 Å². The molecule has 0 saturated carbocycles. The normalized spacial score (nSPS) is 13.1. The van der Waals surface area contributed by atoms with Crippen LogP contribution in [-0.4, -0.2) is 16.7 Å². The molecule has 4 heteroatoms. The second kappa shape index (κ2) is 5.43. The quantitative estimate of drug-likeness (QED) is 0.491. The Morgan fingerprint density at radius 2 is 1.31 bits per heavy atom. The molecule has 0 spiro atoms. The second-order valence-corrected chi connectivity index (χ2v) is 6.29. The molecule has 124 valence electrons. The Morgan fingerprint density at radius 3 is 2.15 bits per heavy atom. The fourth-order valence-corrected chi connectivity index (χ4v) is 3.61. The van der Waals surface area contributed by atoms with Gasteiger partial charge in [-0.3, -0.25) is 9.59 Å². The van der Waals surface area contributed by atoms with Gasteiger partial charge in [0.1, 0.15) is 0 Å². The van der Waals surface area contributed by atoms with Crippen LogP contribution in [-0.2, 0) is 0 Å². The second-order valence-electron chi connectivity index (χ2n) is 6.29. The molecule has 0 atom stereocenters. The Bertz CT molecular complexity index is 1200. The molecule has 0 aliphatic carbocycles. The molecule has 0 radical (unpaired) electrons. The summed E-state index contributed by atoms with van der Waals surface area (Å²) in [4.78, 5) is 29.5. The van der Waals surface area contributed by atoms with E-state index < -0.39 is 0 Å². The van der Waals surface area contributed by atoms with Gasteiger partial charge in [0.2, 0.25) is 5.78 Å². The molecule has 5 rings (SSSR count). The van der Waals surface area contributed by atoms with Crippen molar-refractivity contribution < 1.29 is 9.59 Å². The number of carbonyl (C=O) groups excluding carboxylic acids is 2. The first-order valence-electron chi connectivity index (χ1n) is 8.39. The first-order chi connectivity index (χ1) is 12.7. The van der Waals surface area contributed by atoms with Crippen molar-refractivity contribution in [3.63, 3.8) is 0 Å². The third-order valence-electron chi connectivity index (χ3n) is 4.79. The van der Waals surface area contributed by atoms with Crippen LogP contribution in [0.4, 0.5) is 5.69 Å². The number of fused-ring (bicyclic) bond motifs is 6. The number of ketones is 1. The topological polar surface area (TPSA) is 62.0 Å². The number of hydrogen-bond acceptors (Lipinski definition) is 2. The van der Waals surface area contributed by atoms with Gasteiger partial charge in [-0.05, 0) is 29.8 Å². The van der Waals surface area contributed by atoms with Crippen LogP contribution in [0.3, 0.4) is 0 Å². The molecule has 0 unspecified atom stereocenters. The van der Waals surface area contributed by atoms with E-state index in [-0.39, 0.29) is 11.7 Å². The van der Waals surface area contributed by atoms with Crippen molar-refractivity contribution in [2.24, 2.45) is 0 Å². The number of anilines is 1. The minimum Gasteiger partial charge on any atom is -0.351 e. The summed E-state index contributed by atoms with van der Waals surface area (Å²) in [6, 6.07) is 22.3. The molecule has 0 saturated heterocycles. The van der Waals surface area contributed by atoms with Gasteiger partial charge in [-0.1, -0.05) is 48.5 Å². The van der Waals surface area contributed by atoms with Crippen molar-refractivity contribution in [3.05, 3.63) is 89.6 Å². The summed E-state index contributed by atoms with van der Waals surface area (Å²) in [6.07, 6.45) is 0. The highest BCUT2D eigenvalue weighted by molar-refractivity contribution is 6.23. The molecular formula is C22H14N2O2. The predicted octanol–water partition coefficient (Wildman–Crippen LogP) is 4.63. The molecule has 2 heterocycles. The lowest BCUT2D eigenvalue weighted by Gasteiger charge is -2.09. The minimum absolute atomic E-state index is 0.135. The maximum atomic E-state index is 13.3. The monoisotopic (exact) mass is 338 g/mol. The van der Waals surface area contributed by atoms with E-state index in [4.69, 9.17) is 0 Å².